The van der Waals surface area contributed by atoms with Gasteiger partial charge in [0.1, 0.15) is 5.82 Å². The minimum atomic E-state index is -0.00609. The van der Waals surface area contributed by atoms with Crippen molar-refractivity contribution in [3.05, 3.63) is 56.7 Å². The van der Waals surface area contributed by atoms with E-state index in [0.29, 0.717) is 41.9 Å². The Morgan fingerprint density at radius 3 is 2.86 bits per heavy atom. The van der Waals surface area contributed by atoms with E-state index in [1.54, 1.807) is 12.4 Å². The summed E-state index contributed by atoms with van der Waals surface area (Å²) < 4.78 is 1.89. The SMILES string of the molecule is CC(C)c1csc(C(=O)N2C[C@@H]3C[C@H](C2)c2ccc(-c4ncc[nH]4)c(=O)n2C3)n1. The van der Waals surface area contributed by atoms with Crippen LogP contribution in [0, 0.1) is 5.92 Å². The minimum absolute atomic E-state index is 0.00609. The molecule has 1 N–H and O–H groups in total. The molecule has 0 spiro atoms. The highest BCUT2D eigenvalue weighted by Gasteiger charge is 2.37. The summed E-state index contributed by atoms with van der Waals surface area (Å²) in [6.45, 7) is 6.10. The van der Waals surface area contributed by atoms with Crippen molar-refractivity contribution in [2.75, 3.05) is 13.1 Å². The lowest BCUT2D eigenvalue weighted by molar-refractivity contribution is 0.0594. The Labute approximate surface area is 172 Å². The lowest BCUT2D eigenvalue weighted by Gasteiger charge is -2.42. The Kier molecular flexibility index (Phi) is 4.38. The number of piperidine rings is 1. The van der Waals surface area contributed by atoms with Gasteiger partial charge in [0, 0.05) is 49.0 Å². The topological polar surface area (TPSA) is 83.9 Å². The molecule has 7 nitrogen and oxygen atoms in total. The highest BCUT2D eigenvalue weighted by atomic mass is 32.1. The van der Waals surface area contributed by atoms with E-state index in [0.717, 1.165) is 17.8 Å². The average molecular weight is 410 g/mol. The molecule has 5 heterocycles. The van der Waals surface area contributed by atoms with Crippen LogP contribution in [0.1, 0.15) is 53.3 Å². The molecule has 2 bridgehead atoms. The van der Waals surface area contributed by atoms with Crippen LogP contribution in [-0.4, -0.2) is 43.4 Å². The van der Waals surface area contributed by atoms with E-state index in [2.05, 4.69) is 28.8 Å². The summed E-state index contributed by atoms with van der Waals surface area (Å²) >= 11 is 1.43. The summed E-state index contributed by atoms with van der Waals surface area (Å²) in [4.78, 5) is 39.8. The molecule has 3 aromatic heterocycles. The van der Waals surface area contributed by atoms with Gasteiger partial charge >= 0.3 is 0 Å². The summed E-state index contributed by atoms with van der Waals surface area (Å²) in [5.74, 6) is 1.38. The van der Waals surface area contributed by atoms with Crippen molar-refractivity contribution >= 4 is 17.2 Å². The molecule has 1 fully saturated rings. The number of amides is 1. The number of aromatic amines is 1. The molecule has 0 saturated carbocycles. The number of thiazole rings is 1. The van der Waals surface area contributed by atoms with Gasteiger partial charge in [-0.15, -0.1) is 11.3 Å². The van der Waals surface area contributed by atoms with Gasteiger partial charge in [-0.1, -0.05) is 13.8 Å². The van der Waals surface area contributed by atoms with E-state index in [9.17, 15) is 9.59 Å². The number of carbonyl (C=O) groups is 1. The van der Waals surface area contributed by atoms with Crippen LogP contribution in [0.4, 0.5) is 0 Å². The van der Waals surface area contributed by atoms with Crippen molar-refractivity contribution in [1.29, 1.82) is 0 Å². The van der Waals surface area contributed by atoms with Gasteiger partial charge in [-0.3, -0.25) is 9.59 Å². The number of aromatic nitrogens is 4. The number of pyridine rings is 1. The van der Waals surface area contributed by atoms with Gasteiger partial charge in [0.25, 0.3) is 11.5 Å². The van der Waals surface area contributed by atoms with Gasteiger partial charge in [0.2, 0.25) is 0 Å². The number of likely N-dealkylation sites (tertiary alicyclic amines) is 1. The fraction of sp³-hybridized carbons (Fsp3) is 0.429. The fourth-order valence-corrected chi connectivity index (χ4v) is 5.43. The molecule has 5 rings (SSSR count). The van der Waals surface area contributed by atoms with Crippen molar-refractivity contribution in [2.45, 2.75) is 38.6 Å². The Morgan fingerprint density at radius 2 is 2.14 bits per heavy atom. The standard InChI is InChI=1S/C21H23N5O2S/c1-12(2)16-11-29-19(24-16)21(28)25-8-13-7-14(10-25)17-4-3-15(18-22-5-6-23-18)20(27)26(17)9-13/h3-6,11-14H,7-10H2,1-2H3,(H,22,23)/t13-,14+/m0/s1. The van der Waals surface area contributed by atoms with E-state index in [1.165, 1.54) is 11.3 Å². The van der Waals surface area contributed by atoms with Crippen molar-refractivity contribution in [2.24, 2.45) is 5.92 Å². The molecule has 0 unspecified atom stereocenters. The maximum absolute atomic E-state index is 13.1. The van der Waals surface area contributed by atoms with Crippen LogP contribution in [0.25, 0.3) is 11.4 Å². The number of nitrogens with one attached hydrogen (secondary N) is 1. The minimum Gasteiger partial charge on any atom is -0.344 e. The van der Waals surface area contributed by atoms with E-state index < -0.39 is 0 Å². The van der Waals surface area contributed by atoms with Crippen molar-refractivity contribution in [3.63, 3.8) is 0 Å². The van der Waals surface area contributed by atoms with Crippen molar-refractivity contribution < 1.29 is 4.79 Å². The maximum atomic E-state index is 13.1. The molecule has 2 atom stereocenters. The van der Waals surface area contributed by atoms with Crippen molar-refractivity contribution in [1.82, 2.24) is 24.4 Å². The second kappa shape index (κ2) is 6.95. The van der Waals surface area contributed by atoms with Gasteiger partial charge in [-0.25, -0.2) is 9.97 Å². The second-order valence-corrected chi connectivity index (χ2v) is 9.12. The molecule has 0 radical (unpaired) electrons. The largest absolute Gasteiger partial charge is 0.344 e. The van der Waals surface area contributed by atoms with Gasteiger partial charge in [-0.05, 0) is 30.4 Å². The summed E-state index contributed by atoms with van der Waals surface area (Å²) in [6.07, 6.45) is 4.39. The number of carbonyl (C=O) groups excluding carboxylic acids is 1. The number of imidazole rings is 1. The van der Waals surface area contributed by atoms with Gasteiger partial charge < -0.3 is 14.5 Å². The third kappa shape index (κ3) is 3.11. The molecule has 3 aromatic rings. The van der Waals surface area contributed by atoms with Crippen LogP contribution in [0.2, 0.25) is 0 Å². The third-order valence-corrected chi connectivity index (χ3v) is 6.79. The number of hydrogen-bond donors (Lipinski definition) is 1. The Bertz CT molecular complexity index is 1110. The van der Waals surface area contributed by atoms with Crippen LogP contribution in [0.5, 0.6) is 0 Å². The predicted octanol–water partition coefficient (Wildman–Crippen LogP) is 3.08. The first-order valence-electron chi connectivity index (χ1n) is 9.99. The van der Waals surface area contributed by atoms with Gasteiger partial charge in [0.05, 0.1) is 11.3 Å². The predicted molar refractivity (Wildman–Crippen MR) is 111 cm³/mol. The zero-order chi connectivity index (χ0) is 20.1. The molecular formula is C21H23N5O2S. The molecule has 2 aliphatic heterocycles. The Hall–Kier alpha value is -2.74. The number of nitrogens with zero attached hydrogens (tertiary/aromatic N) is 4. The third-order valence-electron chi connectivity index (χ3n) is 5.94. The summed E-state index contributed by atoms with van der Waals surface area (Å²) in [5.41, 5.74) is 2.57. The number of hydrogen-bond acceptors (Lipinski definition) is 5. The highest BCUT2D eigenvalue weighted by molar-refractivity contribution is 7.11. The normalized spacial score (nSPS) is 20.7. The molecular weight excluding hydrogens is 386 g/mol. The maximum Gasteiger partial charge on any atom is 0.282 e. The van der Waals surface area contributed by atoms with Crippen LogP contribution >= 0.6 is 11.3 Å². The van der Waals surface area contributed by atoms with E-state index in [4.69, 9.17) is 0 Å². The molecule has 8 heteroatoms. The fourth-order valence-electron chi connectivity index (χ4n) is 4.49. The molecule has 29 heavy (non-hydrogen) atoms. The van der Waals surface area contributed by atoms with E-state index in [1.807, 2.05) is 27.0 Å². The van der Waals surface area contributed by atoms with E-state index >= 15 is 0 Å². The van der Waals surface area contributed by atoms with Gasteiger partial charge in [0.15, 0.2) is 5.01 Å². The quantitative estimate of drug-likeness (QED) is 0.721. The Morgan fingerprint density at radius 1 is 1.28 bits per heavy atom. The van der Waals surface area contributed by atoms with Crippen LogP contribution in [0.15, 0.2) is 34.7 Å². The van der Waals surface area contributed by atoms with Crippen molar-refractivity contribution in [3.8, 4) is 11.4 Å². The second-order valence-electron chi connectivity index (χ2n) is 8.27. The first kappa shape index (κ1) is 18.3. The molecule has 0 aliphatic carbocycles. The zero-order valence-corrected chi connectivity index (χ0v) is 17.3. The van der Waals surface area contributed by atoms with Crippen LogP contribution in [0.3, 0.4) is 0 Å². The smallest absolute Gasteiger partial charge is 0.282 e. The monoisotopic (exact) mass is 409 g/mol. The molecule has 1 saturated heterocycles. The molecule has 0 aromatic carbocycles. The summed E-state index contributed by atoms with van der Waals surface area (Å²) in [5, 5.41) is 2.55. The Balaban J connectivity index is 1.43. The first-order valence-corrected chi connectivity index (χ1v) is 10.9. The van der Waals surface area contributed by atoms with E-state index in [-0.39, 0.29) is 23.3 Å². The lowest BCUT2D eigenvalue weighted by Crippen LogP contribution is -2.49. The average Bonchev–Trinajstić information content (AvgIpc) is 3.40. The molecule has 1 amide bonds. The number of H-pyrrole nitrogens is 1. The lowest BCUT2D eigenvalue weighted by atomic mass is 9.83. The first-order chi connectivity index (χ1) is 14.0. The summed E-state index contributed by atoms with van der Waals surface area (Å²) in [6, 6.07) is 3.87. The zero-order valence-electron chi connectivity index (χ0n) is 16.5. The molecule has 2 aliphatic rings. The number of rotatable bonds is 3. The number of fused-ring (bicyclic) bond motifs is 4. The van der Waals surface area contributed by atoms with Gasteiger partial charge in [-0.2, -0.15) is 0 Å². The van der Waals surface area contributed by atoms with Crippen LogP contribution in [-0.2, 0) is 6.54 Å². The molecule has 150 valence electrons. The summed E-state index contributed by atoms with van der Waals surface area (Å²) in [7, 11) is 0. The highest BCUT2D eigenvalue weighted by Crippen LogP contribution is 2.36. The van der Waals surface area contributed by atoms with Crippen LogP contribution < -0.4 is 5.56 Å².